The van der Waals surface area contributed by atoms with Crippen LogP contribution in [0.2, 0.25) is 0 Å². The molecule has 116 valence electrons. The van der Waals surface area contributed by atoms with Crippen molar-refractivity contribution in [1.29, 1.82) is 0 Å². The topological polar surface area (TPSA) is 88.3 Å². The number of H-pyrrole nitrogens is 2. The van der Waals surface area contributed by atoms with Crippen LogP contribution in [0.3, 0.4) is 0 Å². The van der Waals surface area contributed by atoms with E-state index in [0.717, 1.165) is 33.9 Å². The molecular formula is C17H12N6O. The van der Waals surface area contributed by atoms with Crippen LogP contribution in [-0.4, -0.2) is 29.9 Å². The van der Waals surface area contributed by atoms with Gasteiger partial charge in [0, 0.05) is 29.7 Å². The first-order valence-electron chi connectivity index (χ1n) is 7.45. The second-order valence-electron chi connectivity index (χ2n) is 5.40. The van der Waals surface area contributed by atoms with Crippen LogP contribution >= 0.6 is 0 Å². The number of benzene rings is 1. The highest BCUT2D eigenvalue weighted by Gasteiger charge is 2.14. The van der Waals surface area contributed by atoms with Gasteiger partial charge in [0.2, 0.25) is 0 Å². The minimum atomic E-state index is 0.689. The van der Waals surface area contributed by atoms with E-state index in [4.69, 9.17) is 4.42 Å². The minimum Gasteiger partial charge on any atom is -0.451 e. The van der Waals surface area contributed by atoms with Gasteiger partial charge in [-0.25, -0.2) is 4.98 Å². The average Bonchev–Trinajstić information content (AvgIpc) is 3.41. The predicted molar refractivity (Wildman–Crippen MR) is 88.5 cm³/mol. The number of hydrogen-bond donors (Lipinski definition) is 2. The molecule has 0 aliphatic heterocycles. The Morgan fingerprint density at radius 2 is 1.88 bits per heavy atom. The maximum absolute atomic E-state index is 5.93. The van der Waals surface area contributed by atoms with Gasteiger partial charge >= 0.3 is 0 Å². The highest BCUT2D eigenvalue weighted by Crippen LogP contribution is 2.28. The normalized spacial score (nSPS) is 11.3. The molecule has 7 heteroatoms. The van der Waals surface area contributed by atoms with E-state index in [9.17, 15) is 0 Å². The van der Waals surface area contributed by atoms with E-state index in [1.807, 2.05) is 47.2 Å². The lowest BCUT2D eigenvalue weighted by Crippen LogP contribution is -1.95. The predicted octanol–water partition coefficient (Wildman–Crippen LogP) is 3.40. The summed E-state index contributed by atoms with van der Waals surface area (Å²) in [6.07, 6.45) is 7.16. The van der Waals surface area contributed by atoms with Crippen molar-refractivity contribution in [3.63, 3.8) is 0 Å². The Bertz CT molecular complexity index is 1120. The summed E-state index contributed by atoms with van der Waals surface area (Å²) < 4.78 is 7.91. The lowest BCUT2D eigenvalue weighted by molar-refractivity contribution is 0.588. The van der Waals surface area contributed by atoms with E-state index in [0.29, 0.717) is 5.76 Å². The van der Waals surface area contributed by atoms with Crippen molar-refractivity contribution in [1.82, 2.24) is 29.9 Å². The van der Waals surface area contributed by atoms with E-state index < -0.39 is 0 Å². The highest BCUT2D eigenvalue weighted by atomic mass is 16.3. The van der Waals surface area contributed by atoms with Gasteiger partial charge in [-0.05, 0) is 36.4 Å². The van der Waals surface area contributed by atoms with E-state index in [1.165, 1.54) is 0 Å². The number of fused-ring (bicyclic) bond motifs is 1. The molecule has 0 amide bonds. The molecule has 0 radical (unpaired) electrons. The maximum Gasteiger partial charge on any atom is 0.180 e. The number of furan rings is 1. The van der Waals surface area contributed by atoms with E-state index in [1.54, 1.807) is 18.6 Å². The number of nitrogens with zero attached hydrogens (tertiary/aromatic N) is 4. The zero-order chi connectivity index (χ0) is 15.9. The Labute approximate surface area is 136 Å². The summed E-state index contributed by atoms with van der Waals surface area (Å²) in [7, 11) is 0. The van der Waals surface area contributed by atoms with Gasteiger partial charge in [-0.1, -0.05) is 0 Å². The van der Waals surface area contributed by atoms with Crippen molar-refractivity contribution in [3.05, 3.63) is 61.2 Å². The van der Waals surface area contributed by atoms with Crippen molar-refractivity contribution >= 4 is 10.9 Å². The third-order valence-corrected chi connectivity index (χ3v) is 3.94. The smallest absolute Gasteiger partial charge is 0.180 e. The Hall–Kier alpha value is -3.61. The summed E-state index contributed by atoms with van der Waals surface area (Å²) in [5.74, 6) is 2.15. The molecule has 0 saturated heterocycles. The van der Waals surface area contributed by atoms with Gasteiger partial charge in [0.1, 0.15) is 5.69 Å². The highest BCUT2D eigenvalue weighted by molar-refractivity contribution is 5.80. The molecule has 2 N–H and O–H groups in total. The van der Waals surface area contributed by atoms with Crippen LogP contribution in [0.5, 0.6) is 0 Å². The van der Waals surface area contributed by atoms with Crippen molar-refractivity contribution < 1.29 is 4.42 Å². The van der Waals surface area contributed by atoms with Crippen LogP contribution in [0, 0.1) is 0 Å². The third-order valence-electron chi connectivity index (χ3n) is 3.94. The molecule has 0 saturated carbocycles. The first-order valence-corrected chi connectivity index (χ1v) is 7.45. The van der Waals surface area contributed by atoms with Gasteiger partial charge in [-0.2, -0.15) is 10.2 Å². The van der Waals surface area contributed by atoms with Crippen LogP contribution in [0.15, 0.2) is 65.6 Å². The molecule has 5 aromatic rings. The molecule has 4 aromatic heterocycles. The molecule has 24 heavy (non-hydrogen) atoms. The van der Waals surface area contributed by atoms with Gasteiger partial charge in [-0.15, -0.1) is 0 Å². The Morgan fingerprint density at radius 3 is 2.79 bits per heavy atom. The fourth-order valence-corrected chi connectivity index (χ4v) is 2.76. The molecule has 0 unspecified atom stereocenters. The second kappa shape index (κ2) is 4.95. The monoisotopic (exact) mass is 316 g/mol. The molecule has 0 aliphatic carbocycles. The molecule has 0 atom stereocenters. The molecule has 5 rings (SSSR count). The van der Waals surface area contributed by atoms with Crippen LogP contribution in [0.1, 0.15) is 0 Å². The number of rotatable bonds is 3. The molecule has 7 nitrogen and oxygen atoms in total. The fourth-order valence-electron chi connectivity index (χ4n) is 2.76. The molecular weight excluding hydrogens is 304 g/mol. The van der Waals surface area contributed by atoms with E-state index >= 15 is 0 Å². The van der Waals surface area contributed by atoms with Gasteiger partial charge in [-0.3, -0.25) is 14.8 Å². The summed E-state index contributed by atoms with van der Waals surface area (Å²) in [6.45, 7) is 0. The lowest BCUT2D eigenvalue weighted by Gasteiger charge is -2.06. The van der Waals surface area contributed by atoms with Crippen molar-refractivity contribution in [2.75, 3.05) is 0 Å². The van der Waals surface area contributed by atoms with Gasteiger partial charge < -0.3 is 4.42 Å². The van der Waals surface area contributed by atoms with Crippen molar-refractivity contribution in [2.24, 2.45) is 0 Å². The van der Waals surface area contributed by atoms with Crippen LogP contribution < -0.4 is 0 Å². The number of nitrogens with one attached hydrogen (secondary N) is 2. The number of aromatic nitrogens is 6. The zero-order valence-electron chi connectivity index (χ0n) is 12.5. The first-order chi connectivity index (χ1) is 11.9. The molecule has 0 bridgehead atoms. The van der Waals surface area contributed by atoms with Gasteiger partial charge in [0.15, 0.2) is 17.3 Å². The van der Waals surface area contributed by atoms with Crippen LogP contribution in [-0.2, 0) is 0 Å². The molecule has 1 aromatic carbocycles. The SMILES string of the molecule is c1cc(-c2ccc(-c3nccn3-c3ccc4cn[nH]c4c3)o2)[nH]n1. The number of imidazole rings is 1. The number of hydrogen-bond acceptors (Lipinski definition) is 4. The average molecular weight is 316 g/mol. The van der Waals surface area contributed by atoms with Crippen LogP contribution in [0.25, 0.3) is 39.6 Å². The Kier molecular flexibility index (Phi) is 2.66. The summed E-state index contributed by atoms with van der Waals surface area (Å²) in [6, 6.07) is 11.8. The fraction of sp³-hybridized carbons (Fsp3) is 0. The largest absolute Gasteiger partial charge is 0.451 e. The quantitative estimate of drug-likeness (QED) is 0.534. The lowest BCUT2D eigenvalue weighted by atomic mass is 10.2. The second-order valence-corrected chi connectivity index (χ2v) is 5.40. The summed E-state index contributed by atoms with van der Waals surface area (Å²) in [4.78, 5) is 4.44. The van der Waals surface area contributed by atoms with E-state index in [-0.39, 0.29) is 0 Å². The maximum atomic E-state index is 5.93. The van der Waals surface area contributed by atoms with Gasteiger partial charge in [0.25, 0.3) is 0 Å². The Morgan fingerprint density at radius 1 is 0.917 bits per heavy atom. The standard InChI is InChI=1S/C17H12N6O/c1-2-12(9-14-11(1)10-20-22-14)23-8-7-18-17(23)16-4-3-15(24-16)13-5-6-19-21-13/h1-10H,(H,19,21)(H,20,22). The van der Waals surface area contributed by atoms with Crippen LogP contribution in [0.4, 0.5) is 0 Å². The van der Waals surface area contributed by atoms with Crippen molar-refractivity contribution in [2.45, 2.75) is 0 Å². The third kappa shape index (κ3) is 1.95. The van der Waals surface area contributed by atoms with E-state index in [2.05, 4.69) is 25.4 Å². The molecule has 0 fully saturated rings. The summed E-state index contributed by atoms with van der Waals surface area (Å²) in [5, 5.41) is 15.0. The zero-order valence-corrected chi connectivity index (χ0v) is 12.5. The summed E-state index contributed by atoms with van der Waals surface area (Å²) >= 11 is 0. The van der Waals surface area contributed by atoms with Gasteiger partial charge in [0.05, 0.1) is 11.7 Å². The first kappa shape index (κ1) is 12.9. The Balaban J connectivity index is 1.60. The van der Waals surface area contributed by atoms with Crippen molar-refractivity contribution in [3.8, 4) is 28.7 Å². The molecule has 0 spiro atoms. The minimum absolute atomic E-state index is 0.689. The molecule has 4 heterocycles. The molecule has 0 aliphatic rings. The summed E-state index contributed by atoms with van der Waals surface area (Å²) in [5.41, 5.74) is 2.79. The number of aromatic amines is 2.